The molecule has 0 fully saturated rings. The predicted molar refractivity (Wildman–Crippen MR) is 87.3 cm³/mol. The molecular weight excluding hydrogens is 246 g/mol. The number of unbranched alkanes of at least 4 members (excludes halogenated alkanes) is 6. The molecule has 20 heavy (non-hydrogen) atoms. The number of aryl methyl sites for hydroxylation is 1. The Bertz CT molecular complexity index is 340. The smallest absolute Gasteiger partial charge is 0.150 e. The zero-order chi connectivity index (χ0) is 14.6. The zero-order valence-electron chi connectivity index (χ0n) is 13.6. The first-order chi connectivity index (χ1) is 9.79. The molecule has 0 radical (unpaired) electrons. The zero-order valence-corrected chi connectivity index (χ0v) is 13.6. The molecule has 0 saturated carbocycles. The van der Waals surface area contributed by atoms with Gasteiger partial charge in [-0.15, -0.1) is 0 Å². The molecule has 0 saturated heterocycles. The highest BCUT2D eigenvalue weighted by atomic mass is 15.2. The summed E-state index contributed by atoms with van der Waals surface area (Å²) in [7, 11) is 0. The van der Waals surface area contributed by atoms with Crippen molar-refractivity contribution in [3.63, 3.8) is 0 Å². The first-order valence-electron chi connectivity index (χ1n) is 8.32. The minimum absolute atomic E-state index is 1.05. The van der Waals surface area contributed by atoms with Gasteiger partial charge in [-0.3, -0.25) is 4.98 Å². The topological polar surface area (TPSA) is 29.0 Å². The Hall–Kier alpha value is -1.12. The van der Waals surface area contributed by atoms with Crippen LogP contribution in [0.4, 0.5) is 5.82 Å². The molecule has 0 aromatic carbocycles. The van der Waals surface area contributed by atoms with E-state index in [1.807, 2.05) is 6.20 Å². The van der Waals surface area contributed by atoms with E-state index >= 15 is 0 Å². The van der Waals surface area contributed by atoms with E-state index in [0.717, 1.165) is 24.6 Å². The highest BCUT2D eigenvalue weighted by molar-refractivity contribution is 5.41. The minimum atomic E-state index is 1.05. The van der Waals surface area contributed by atoms with E-state index in [2.05, 4.69) is 35.6 Å². The maximum atomic E-state index is 4.54. The van der Waals surface area contributed by atoms with Crippen molar-refractivity contribution in [1.29, 1.82) is 0 Å². The van der Waals surface area contributed by atoms with Gasteiger partial charge in [0, 0.05) is 25.5 Å². The number of anilines is 1. The number of nitrogens with zero attached hydrogens (tertiary/aromatic N) is 3. The summed E-state index contributed by atoms with van der Waals surface area (Å²) in [4.78, 5) is 11.4. The highest BCUT2D eigenvalue weighted by Gasteiger charge is 2.10. The molecule has 0 aliphatic rings. The van der Waals surface area contributed by atoms with Crippen molar-refractivity contribution < 1.29 is 0 Å². The Kier molecular flexibility index (Phi) is 9.01. The van der Waals surface area contributed by atoms with Gasteiger partial charge in [-0.1, -0.05) is 52.4 Å². The van der Waals surface area contributed by atoms with Gasteiger partial charge < -0.3 is 4.90 Å². The second-order valence-electron chi connectivity index (χ2n) is 5.57. The summed E-state index contributed by atoms with van der Waals surface area (Å²) < 4.78 is 0. The highest BCUT2D eigenvalue weighted by Crippen LogP contribution is 2.16. The van der Waals surface area contributed by atoms with Gasteiger partial charge in [0.1, 0.15) is 5.82 Å². The average Bonchev–Trinajstić information content (AvgIpc) is 2.46. The van der Waals surface area contributed by atoms with Gasteiger partial charge in [-0.2, -0.15) is 0 Å². The number of hydrogen-bond donors (Lipinski definition) is 0. The van der Waals surface area contributed by atoms with Gasteiger partial charge in [0.25, 0.3) is 0 Å². The van der Waals surface area contributed by atoms with Crippen LogP contribution in [0.5, 0.6) is 0 Å². The molecular formula is C17H31N3. The molecule has 3 heteroatoms. The molecule has 1 heterocycles. The minimum Gasteiger partial charge on any atom is -0.355 e. The fourth-order valence-corrected chi connectivity index (χ4v) is 2.49. The molecule has 114 valence electrons. The Morgan fingerprint density at radius 3 is 1.85 bits per heavy atom. The molecule has 1 aromatic rings. The summed E-state index contributed by atoms with van der Waals surface area (Å²) in [6.45, 7) is 8.81. The summed E-state index contributed by atoms with van der Waals surface area (Å²) in [6, 6.07) is 0. The first-order valence-corrected chi connectivity index (χ1v) is 8.32. The maximum Gasteiger partial charge on any atom is 0.150 e. The standard InChI is InChI=1S/C17H31N3/c1-4-6-8-10-14-20(15-11-9-7-5-2)17-16(3)18-12-13-19-17/h12-13H,4-11,14-15H2,1-3H3. The van der Waals surface area contributed by atoms with E-state index in [-0.39, 0.29) is 0 Å². The van der Waals surface area contributed by atoms with E-state index in [1.54, 1.807) is 6.20 Å². The predicted octanol–water partition coefficient (Wildman–Crippen LogP) is 4.75. The summed E-state index contributed by atoms with van der Waals surface area (Å²) in [5.41, 5.74) is 1.05. The van der Waals surface area contributed by atoms with Gasteiger partial charge in [0.2, 0.25) is 0 Å². The van der Waals surface area contributed by atoms with Gasteiger partial charge in [-0.05, 0) is 19.8 Å². The van der Waals surface area contributed by atoms with Crippen LogP contribution in [-0.4, -0.2) is 23.1 Å². The van der Waals surface area contributed by atoms with Crippen LogP contribution in [0.3, 0.4) is 0 Å². The Morgan fingerprint density at radius 1 is 0.800 bits per heavy atom. The number of hydrogen-bond acceptors (Lipinski definition) is 3. The maximum absolute atomic E-state index is 4.54. The third-order valence-corrected chi connectivity index (χ3v) is 3.72. The SMILES string of the molecule is CCCCCCN(CCCCCC)c1nccnc1C. The van der Waals surface area contributed by atoms with Crippen LogP contribution >= 0.6 is 0 Å². The lowest BCUT2D eigenvalue weighted by atomic mass is 10.1. The van der Waals surface area contributed by atoms with E-state index in [0.29, 0.717) is 0 Å². The van der Waals surface area contributed by atoms with Crippen LogP contribution in [0, 0.1) is 6.92 Å². The first kappa shape index (κ1) is 16.9. The Morgan fingerprint density at radius 2 is 1.35 bits per heavy atom. The van der Waals surface area contributed by atoms with Crippen molar-refractivity contribution in [1.82, 2.24) is 9.97 Å². The molecule has 0 unspecified atom stereocenters. The molecule has 0 aliphatic heterocycles. The molecule has 0 N–H and O–H groups in total. The molecule has 0 amide bonds. The van der Waals surface area contributed by atoms with Crippen LogP contribution in [0.15, 0.2) is 12.4 Å². The van der Waals surface area contributed by atoms with Gasteiger partial charge in [0.15, 0.2) is 0 Å². The van der Waals surface area contributed by atoms with Gasteiger partial charge in [0.05, 0.1) is 5.69 Å². The summed E-state index contributed by atoms with van der Waals surface area (Å²) in [5, 5.41) is 0. The molecule has 1 rings (SSSR count). The lowest BCUT2D eigenvalue weighted by Gasteiger charge is -2.24. The summed E-state index contributed by atoms with van der Waals surface area (Å²) >= 11 is 0. The Labute approximate surface area is 124 Å². The molecule has 3 nitrogen and oxygen atoms in total. The van der Waals surface area contributed by atoms with Crippen LogP contribution < -0.4 is 4.90 Å². The van der Waals surface area contributed by atoms with Crippen LogP contribution in [-0.2, 0) is 0 Å². The number of aromatic nitrogens is 2. The van der Waals surface area contributed by atoms with Crippen LogP contribution in [0.1, 0.15) is 70.9 Å². The second kappa shape index (κ2) is 10.6. The molecule has 0 atom stereocenters. The normalized spacial score (nSPS) is 10.8. The largest absolute Gasteiger partial charge is 0.355 e. The lowest BCUT2D eigenvalue weighted by molar-refractivity contribution is 0.604. The lowest BCUT2D eigenvalue weighted by Crippen LogP contribution is -2.27. The van der Waals surface area contributed by atoms with E-state index in [4.69, 9.17) is 0 Å². The van der Waals surface area contributed by atoms with E-state index in [9.17, 15) is 0 Å². The van der Waals surface area contributed by atoms with Crippen molar-refractivity contribution in [2.24, 2.45) is 0 Å². The van der Waals surface area contributed by atoms with Crippen LogP contribution in [0.2, 0.25) is 0 Å². The van der Waals surface area contributed by atoms with Gasteiger partial charge in [-0.25, -0.2) is 4.98 Å². The summed E-state index contributed by atoms with van der Waals surface area (Å²) in [5.74, 6) is 1.08. The molecule has 0 spiro atoms. The molecule has 1 aromatic heterocycles. The number of rotatable bonds is 11. The van der Waals surface area contributed by atoms with Crippen molar-refractivity contribution in [3.8, 4) is 0 Å². The fraction of sp³-hybridized carbons (Fsp3) is 0.765. The fourth-order valence-electron chi connectivity index (χ4n) is 2.49. The van der Waals surface area contributed by atoms with Crippen molar-refractivity contribution in [3.05, 3.63) is 18.1 Å². The van der Waals surface area contributed by atoms with Gasteiger partial charge >= 0.3 is 0 Å². The quantitative estimate of drug-likeness (QED) is 0.546. The monoisotopic (exact) mass is 277 g/mol. The summed E-state index contributed by atoms with van der Waals surface area (Å²) in [6.07, 6.45) is 14.0. The Balaban J connectivity index is 2.52. The average molecular weight is 277 g/mol. The van der Waals surface area contributed by atoms with E-state index in [1.165, 1.54) is 51.4 Å². The third kappa shape index (κ3) is 6.36. The molecule has 0 bridgehead atoms. The third-order valence-electron chi connectivity index (χ3n) is 3.72. The second-order valence-corrected chi connectivity index (χ2v) is 5.57. The van der Waals surface area contributed by atoms with Crippen LogP contribution in [0.25, 0.3) is 0 Å². The van der Waals surface area contributed by atoms with Crippen molar-refractivity contribution in [2.75, 3.05) is 18.0 Å². The van der Waals surface area contributed by atoms with E-state index < -0.39 is 0 Å². The molecule has 0 aliphatic carbocycles. The van der Waals surface area contributed by atoms with Crippen molar-refractivity contribution >= 4 is 5.82 Å². The van der Waals surface area contributed by atoms with Crippen molar-refractivity contribution in [2.45, 2.75) is 72.1 Å².